The molecule has 0 bridgehead atoms. The van der Waals surface area contributed by atoms with Crippen molar-refractivity contribution in [2.75, 3.05) is 16.1 Å². The van der Waals surface area contributed by atoms with Crippen LogP contribution in [0.2, 0.25) is 0 Å². The van der Waals surface area contributed by atoms with Crippen LogP contribution in [0.5, 0.6) is 0 Å². The molecule has 1 atom stereocenters. The van der Waals surface area contributed by atoms with E-state index in [1.807, 2.05) is 18.2 Å². The summed E-state index contributed by atoms with van der Waals surface area (Å²) in [5.74, 6) is -1.35. The van der Waals surface area contributed by atoms with E-state index in [0.29, 0.717) is 16.3 Å². The second-order valence-corrected chi connectivity index (χ2v) is 7.07. The molecule has 0 aliphatic carbocycles. The Kier molecular flexibility index (Phi) is 5.95. The van der Waals surface area contributed by atoms with Gasteiger partial charge in [0.25, 0.3) is 5.91 Å². The molecule has 1 aliphatic heterocycles. The molecule has 1 aliphatic rings. The first-order valence-electron chi connectivity index (χ1n) is 8.48. The molecule has 0 saturated heterocycles. The van der Waals surface area contributed by atoms with Gasteiger partial charge in [-0.1, -0.05) is 30.3 Å². The first kappa shape index (κ1) is 19.4. The van der Waals surface area contributed by atoms with Gasteiger partial charge in [-0.15, -0.1) is 11.8 Å². The molecular weight excluding hydrogens is 378 g/mol. The minimum Gasteiger partial charge on any atom is -0.369 e. The number of primary amides is 2. The van der Waals surface area contributed by atoms with Gasteiger partial charge < -0.3 is 16.8 Å². The van der Waals surface area contributed by atoms with Gasteiger partial charge in [-0.25, -0.2) is 0 Å². The molecule has 8 nitrogen and oxygen atoms in total. The van der Waals surface area contributed by atoms with Crippen molar-refractivity contribution >= 4 is 46.6 Å². The number of hydrogen-bond acceptors (Lipinski definition) is 6. The summed E-state index contributed by atoms with van der Waals surface area (Å²) in [6.07, 6.45) is 0.104. The molecule has 2 aromatic rings. The summed E-state index contributed by atoms with van der Waals surface area (Å²) in [5, 5.41) is 8.57. The van der Waals surface area contributed by atoms with Crippen LogP contribution in [0, 0.1) is 0 Å². The summed E-state index contributed by atoms with van der Waals surface area (Å²) in [7, 11) is 0. The van der Waals surface area contributed by atoms with E-state index in [4.69, 9.17) is 11.5 Å². The molecule has 0 radical (unpaired) electrons. The number of hydrogen-bond donors (Lipinski definition) is 3. The van der Waals surface area contributed by atoms with Crippen molar-refractivity contribution < 1.29 is 14.4 Å². The molecule has 0 spiro atoms. The molecule has 9 heteroatoms. The Bertz CT molecular complexity index is 932. The highest BCUT2D eigenvalue weighted by Gasteiger charge is 2.35. The van der Waals surface area contributed by atoms with Crippen LogP contribution in [0.1, 0.15) is 6.42 Å². The number of anilines is 2. The number of nitrogens with two attached hydrogens (primary N) is 2. The van der Waals surface area contributed by atoms with Crippen LogP contribution in [0.3, 0.4) is 0 Å². The molecule has 1 heterocycles. The maximum atomic E-state index is 12.7. The monoisotopic (exact) mass is 397 g/mol. The Hall–Kier alpha value is -3.33. The lowest BCUT2D eigenvalue weighted by Crippen LogP contribution is -2.39. The topological polar surface area (TPSA) is 131 Å². The number of carbonyl (C=O) groups is 3. The summed E-state index contributed by atoms with van der Waals surface area (Å²) in [6.45, 7) is 0. The fraction of sp³-hybridized carbons (Fsp3) is 0.158. The molecule has 1 unspecified atom stereocenters. The zero-order valence-electron chi connectivity index (χ0n) is 14.9. The summed E-state index contributed by atoms with van der Waals surface area (Å²) in [4.78, 5) is 36.3. The number of nitrogens with zero attached hydrogens (tertiary/aromatic N) is 2. The predicted octanol–water partition coefficient (Wildman–Crippen LogP) is 1.32. The normalized spacial score (nSPS) is 15.8. The third-order valence-corrected chi connectivity index (χ3v) is 5.12. The number of rotatable bonds is 7. The number of amides is 3. The van der Waals surface area contributed by atoms with Crippen LogP contribution in [-0.2, 0) is 14.4 Å². The van der Waals surface area contributed by atoms with Crippen molar-refractivity contribution in [2.45, 2.75) is 17.4 Å². The Morgan fingerprint density at radius 2 is 1.75 bits per heavy atom. The molecule has 5 N–H and O–H groups in total. The van der Waals surface area contributed by atoms with Crippen molar-refractivity contribution in [1.29, 1.82) is 0 Å². The summed E-state index contributed by atoms with van der Waals surface area (Å²) in [6, 6.07) is 15.4. The molecule has 3 amide bonds. The summed E-state index contributed by atoms with van der Waals surface area (Å²) in [5.41, 5.74) is 12.1. The molecule has 2 aromatic carbocycles. The molecule has 0 saturated carbocycles. The molecule has 0 fully saturated rings. The number of para-hydroxylation sites is 2. The second-order valence-electron chi connectivity index (χ2n) is 6.05. The highest BCUT2D eigenvalue weighted by molar-refractivity contribution is 8.00. The smallest absolute Gasteiger partial charge is 0.271 e. The van der Waals surface area contributed by atoms with Gasteiger partial charge in [-0.2, -0.15) is 5.10 Å². The van der Waals surface area contributed by atoms with E-state index in [9.17, 15) is 14.4 Å². The summed E-state index contributed by atoms with van der Waals surface area (Å²) >= 11 is 1.23. The van der Waals surface area contributed by atoms with Gasteiger partial charge in [0.2, 0.25) is 11.8 Å². The Labute approximate surface area is 165 Å². The van der Waals surface area contributed by atoms with Crippen LogP contribution in [0.15, 0.2) is 64.6 Å². The first-order valence-corrected chi connectivity index (χ1v) is 9.47. The van der Waals surface area contributed by atoms with E-state index >= 15 is 0 Å². The Morgan fingerprint density at radius 1 is 1.07 bits per heavy atom. The molecule has 0 aromatic heterocycles. The lowest BCUT2D eigenvalue weighted by atomic mass is 10.1. The Morgan fingerprint density at radius 3 is 2.43 bits per heavy atom. The van der Waals surface area contributed by atoms with Crippen molar-refractivity contribution in [2.24, 2.45) is 16.6 Å². The molecule has 28 heavy (non-hydrogen) atoms. The zero-order chi connectivity index (χ0) is 20.1. The molecule has 3 rings (SSSR count). The predicted molar refractivity (Wildman–Crippen MR) is 109 cm³/mol. The third kappa shape index (κ3) is 4.49. The van der Waals surface area contributed by atoms with E-state index in [0.717, 1.165) is 0 Å². The third-order valence-electron chi connectivity index (χ3n) is 4.03. The van der Waals surface area contributed by atoms with Gasteiger partial charge in [0.1, 0.15) is 11.8 Å². The second kappa shape index (κ2) is 8.57. The van der Waals surface area contributed by atoms with Gasteiger partial charge >= 0.3 is 0 Å². The minimum absolute atomic E-state index is 0.0966. The van der Waals surface area contributed by atoms with Gasteiger partial charge in [0.15, 0.2) is 0 Å². The van der Waals surface area contributed by atoms with Crippen LogP contribution in [0.4, 0.5) is 11.4 Å². The van der Waals surface area contributed by atoms with E-state index in [1.165, 1.54) is 16.8 Å². The van der Waals surface area contributed by atoms with Crippen molar-refractivity contribution in [3.63, 3.8) is 0 Å². The fourth-order valence-corrected chi connectivity index (χ4v) is 3.47. The lowest BCUT2D eigenvalue weighted by Gasteiger charge is -2.20. The van der Waals surface area contributed by atoms with Gasteiger partial charge in [0.05, 0.1) is 17.1 Å². The summed E-state index contributed by atoms with van der Waals surface area (Å²) < 4.78 is 0. The maximum absolute atomic E-state index is 12.7. The quantitative estimate of drug-likeness (QED) is 0.607. The Balaban J connectivity index is 1.79. The van der Waals surface area contributed by atoms with Crippen molar-refractivity contribution in [1.82, 2.24) is 0 Å². The van der Waals surface area contributed by atoms with E-state index < -0.39 is 23.8 Å². The minimum atomic E-state index is -0.734. The SMILES string of the molecule is NC(=O)CSc1ccccc1NC(=O)C1=NN(c2ccccc2)C(C(N)=O)C1. The van der Waals surface area contributed by atoms with Crippen molar-refractivity contribution in [3.05, 3.63) is 54.6 Å². The van der Waals surface area contributed by atoms with Crippen molar-refractivity contribution in [3.8, 4) is 0 Å². The number of benzene rings is 2. The van der Waals surface area contributed by atoms with E-state index in [2.05, 4.69) is 10.4 Å². The van der Waals surface area contributed by atoms with Gasteiger partial charge in [-0.3, -0.25) is 19.4 Å². The number of carbonyl (C=O) groups excluding carboxylic acids is 3. The van der Waals surface area contributed by atoms with Crippen LogP contribution >= 0.6 is 11.8 Å². The lowest BCUT2D eigenvalue weighted by molar-refractivity contribution is -0.119. The number of hydrazone groups is 1. The van der Waals surface area contributed by atoms with E-state index in [1.54, 1.807) is 36.4 Å². The average Bonchev–Trinajstić information content (AvgIpc) is 3.14. The maximum Gasteiger partial charge on any atom is 0.271 e. The van der Waals surface area contributed by atoms with Crippen LogP contribution in [-0.4, -0.2) is 35.2 Å². The van der Waals surface area contributed by atoms with Gasteiger partial charge in [0, 0.05) is 11.3 Å². The highest BCUT2D eigenvalue weighted by atomic mass is 32.2. The van der Waals surface area contributed by atoms with E-state index in [-0.39, 0.29) is 17.9 Å². The standard InChI is InChI=1S/C19H19N5O3S/c20-17(25)11-28-16-9-5-4-8-13(16)22-19(27)14-10-15(18(21)26)24(23-14)12-6-2-1-3-7-12/h1-9,15H,10-11H2,(H2,20,25)(H2,21,26)(H,22,27). The van der Waals surface area contributed by atoms with Gasteiger partial charge in [-0.05, 0) is 24.3 Å². The molecule has 144 valence electrons. The van der Waals surface area contributed by atoms with Crippen LogP contribution < -0.4 is 21.8 Å². The number of thioether (sulfide) groups is 1. The molecular formula is C19H19N5O3S. The highest BCUT2D eigenvalue weighted by Crippen LogP contribution is 2.28. The average molecular weight is 397 g/mol. The number of nitrogens with one attached hydrogen (secondary N) is 1. The fourth-order valence-electron chi connectivity index (χ4n) is 2.73. The van der Waals surface area contributed by atoms with Crippen LogP contribution in [0.25, 0.3) is 0 Å². The largest absolute Gasteiger partial charge is 0.369 e. The zero-order valence-corrected chi connectivity index (χ0v) is 15.7. The first-order chi connectivity index (χ1) is 13.5.